The molecule has 2 rings (SSSR count). The summed E-state index contributed by atoms with van der Waals surface area (Å²) in [6.45, 7) is 4.71. The quantitative estimate of drug-likeness (QED) is 0.620. The van der Waals surface area contributed by atoms with Gasteiger partial charge in [0.2, 0.25) is 20.0 Å². The van der Waals surface area contributed by atoms with Crippen LogP contribution in [0.25, 0.3) is 0 Å². The molecule has 0 aromatic heterocycles. The highest BCUT2D eigenvalue weighted by Crippen LogP contribution is 2.19. The Labute approximate surface area is 171 Å². The molecule has 29 heavy (non-hydrogen) atoms. The molecule has 0 spiro atoms. The highest BCUT2D eigenvalue weighted by atomic mass is 32.2. The number of anilines is 1. The minimum atomic E-state index is -3.81. The predicted octanol–water partition coefficient (Wildman–Crippen LogP) is 2.40. The molecule has 0 aliphatic rings. The number of rotatable bonds is 9. The van der Waals surface area contributed by atoms with Crippen LogP contribution < -0.4 is 10.5 Å². The van der Waals surface area contributed by atoms with Crippen LogP contribution in [0.2, 0.25) is 0 Å². The highest BCUT2D eigenvalue weighted by molar-refractivity contribution is 7.89. The van der Waals surface area contributed by atoms with Gasteiger partial charge in [0.25, 0.3) is 5.91 Å². The average Bonchev–Trinajstić information content (AvgIpc) is 2.67. The first-order valence-electron chi connectivity index (χ1n) is 9.14. The molecule has 10 heteroatoms. The minimum Gasteiger partial charge on any atom is -0.322 e. The van der Waals surface area contributed by atoms with Crippen LogP contribution in [0.5, 0.6) is 0 Å². The van der Waals surface area contributed by atoms with E-state index in [4.69, 9.17) is 5.14 Å². The molecule has 0 unspecified atom stereocenters. The van der Waals surface area contributed by atoms with Crippen LogP contribution in [0.1, 0.15) is 37.0 Å². The summed E-state index contributed by atoms with van der Waals surface area (Å²) >= 11 is 0. The summed E-state index contributed by atoms with van der Waals surface area (Å²) < 4.78 is 49.5. The van der Waals surface area contributed by atoms with Gasteiger partial charge in [-0.05, 0) is 61.4 Å². The molecule has 2 aromatic rings. The zero-order chi connectivity index (χ0) is 21.7. The van der Waals surface area contributed by atoms with Crippen molar-refractivity contribution in [3.8, 4) is 0 Å². The molecule has 8 nitrogen and oxygen atoms in total. The zero-order valence-corrected chi connectivity index (χ0v) is 18.0. The molecular formula is C19H25N3O5S2. The summed E-state index contributed by atoms with van der Waals surface area (Å²) in [5, 5.41) is 7.66. The highest BCUT2D eigenvalue weighted by Gasteiger charge is 2.23. The lowest BCUT2D eigenvalue weighted by atomic mass is 10.2. The van der Waals surface area contributed by atoms with Gasteiger partial charge < -0.3 is 5.32 Å². The van der Waals surface area contributed by atoms with Crippen LogP contribution in [0.4, 0.5) is 5.69 Å². The number of carbonyl (C=O) groups excluding carboxylic acids is 1. The molecule has 0 aliphatic carbocycles. The number of hydrogen-bond acceptors (Lipinski definition) is 5. The predicted molar refractivity (Wildman–Crippen MR) is 112 cm³/mol. The van der Waals surface area contributed by atoms with E-state index < -0.39 is 26.0 Å². The molecule has 158 valence electrons. The van der Waals surface area contributed by atoms with Gasteiger partial charge in [-0.3, -0.25) is 4.79 Å². The van der Waals surface area contributed by atoms with Gasteiger partial charge in [-0.1, -0.05) is 13.8 Å². The minimum absolute atomic E-state index is 0.0613. The van der Waals surface area contributed by atoms with E-state index in [1.165, 1.54) is 52.8 Å². The molecule has 0 radical (unpaired) electrons. The molecule has 0 fully saturated rings. The topological polar surface area (TPSA) is 127 Å². The third-order valence-electron chi connectivity index (χ3n) is 4.14. The van der Waals surface area contributed by atoms with Crippen molar-refractivity contribution in [1.82, 2.24) is 4.31 Å². The number of nitrogens with one attached hydrogen (secondary N) is 1. The Morgan fingerprint density at radius 2 is 1.34 bits per heavy atom. The first-order chi connectivity index (χ1) is 13.6. The van der Waals surface area contributed by atoms with E-state index in [1.54, 1.807) is 0 Å². The number of nitrogens with zero attached hydrogens (tertiary/aromatic N) is 1. The fraction of sp³-hybridized carbons (Fsp3) is 0.316. The Balaban J connectivity index is 2.16. The van der Waals surface area contributed by atoms with Gasteiger partial charge in [-0.25, -0.2) is 22.0 Å². The number of sulfonamides is 2. The van der Waals surface area contributed by atoms with E-state index in [0.717, 1.165) is 0 Å². The van der Waals surface area contributed by atoms with Crippen LogP contribution in [-0.4, -0.2) is 40.1 Å². The van der Waals surface area contributed by atoms with Gasteiger partial charge in [0, 0.05) is 24.3 Å². The van der Waals surface area contributed by atoms with Crippen molar-refractivity contribution in [2.75, 3.05) is 18.4 Å². The van der Waals surface area contributed by atoms with E-state index in [-0.39, 0.29) is 15.4 Å². The van der Waals surface area contributed by atoms with Gasteiger partial charge in [-0.2, -0.15) is 4.31 Å². The second-order valence-corrected chi connectivity index (χ2v) is 9.95. The Morgan fingerprint density at radius 3 is 1.79 bits per heavy atom. The van der Waals surface area contributed by atoms with Crippen molar-refractivity contribution in [1.29, 1.82) is 0 Å². The summed E-state index contributed by atoms with van der Waals surface area (Å²) in [5.74, 6) is -0.448. The van der Waals surface area contributed by atoms with Crippen LogP contribution in [0.3, 0.4) is 0 Å². The number of benzene rings is 2. The fourth-order valence-corrected chi connectivity index (χ4v) is 4.85. The van der Waals surface area contributed by atoms with Crippen molar-refractivity contribution < 1.29 is 21.6 Å². The van der Waals surface area contributed by atoms with Crippen molar-refractivity contribution >= 4 is 31.6 Å². The molecule has 0 aliphatic heterocycles. The molecule has 3 N–H and O–H groups in total. The molecule has 0 saturated carbocycles. The van der Waals surface area contributed by atoms with Gasteiger partial charge in [-0.15, -0.1) is 0 Å². The van der Waals surface area contributed by atoms with Gasteiger partial charge in [0.05, 0.1) is 9.79 Å². The lowest BCUT2D eigenvalue weighted by molar-refractivity contribution is 0.102. The molecule has 2 aromatic carbocycles. The van der Waals surface area contributed by atoms with Crippen LogP contribution in [0.15, 0.2) is 58.3 Å². The zero-order valence-electron chi connectivity index (χ0n) is 16.3. The number of hydrogen-bond donors (Lipinski definition) is 2. The lowest BCUT2D eigenvalue weighted by Crippen LogP contribution is -2.32. The van der Waals surface area contributed by atoms with Crippen molar-refractivity contribution in [2.24, 2.45) is 5.14 Å². The average molecular weight is 440 g/mol. The normalized spacial score (nSPS) is 12.1. The van der Waals surface area contributed by atoms with E-state index in [0.29, 0.717) is 31.6 Å². The molecule has 0 bridgehead atoms. The molecule has 0 saturated heterocycles. The summed E-state index contributed by atoms with van der Waals surface area (Å²) in [6.07, 6.45) is 1.42. The lowest BCUT2D eigenvalue weighted by Gasteiger charge is -2.21. The summed E-state index contributed by atoms with van der Waals surface area (Å²) in [5.41, 5.74) is 0.660. The smallest absolute Gasteiger partial charge is 0.255 e. The number of nitrogens with two attached hydrogens (primary N) is 1. The van der Waals surface area contributed by atoms with Crippen molar-refractivity contribution in [3.05, 3.63) is 54.1 Å². The maximum Gasteiger partial charge on any atom is 0.255 e. The molecular weight excluding hydrogens is 414 g/mol. The second kappa shape index (κ2) is 9.49. The Bertz CT molecular complexity index is 1040. The number of primary sulfonamides is 1. The van der Waals surface area contributed by atoms with E-state index >= 15 is 0 Å². The third kappa shape index (κ3) is 5.86. The maximum absolute atomic E-state index is 12.8. The first kappa shape index (κ1) is 23.0. The van der Waals surface area contributed by atoms with E-state index in [9.17, 15) is 21.6 Å². The van der Waals surface area contributed by atoms with Crippen LogP contribution in [0, 0.1) is 0 Å². The van der Waals surface area contributed by atoms with Crippen LogP contribution >= 0.6 is 0 Å². The second-order valence-electron chi connectivity index (χ2n) is 6.45. The largest absolute Gasteiger partial charge is 0.322 e. The standard InChI is InChI=1S/C19H25N3O5S2/c1-3-13-22(14-4-2)29(26,27)18-9-5-15(6-10-18)19(23)21-16-7-11-17(12-8-16)28(20,24)25/h5-12H,3-4,13-14H2,1-2H3,(H,21,23)(H2,20,24,25). The van der Waals surface area contributed by atoms with Gasteiger partial charge in [0.15, 0.2) is 0 Å². The van der Waals surface area contributed by atoms with E-state index in [2.05, 4.69) is 5.32 Å². The van der Waals surface area contributed by atoms with Gasteiger partial charge in [0.1, 0.15) is 0 Å². The first-order valence-corrected chi connectivity index (χ1v) is 12.1. The fourth-order valence-electron chi connectivity index (χ4n) is 2.71. The van der Waals surface area contributed by atoms with Gasteiger partial charge >= 0.3 is 0 Å². The third-order valence-corrected chi connectivity index (χ3v) is 6.98. The number of carbonyl (C=O) groups is 1. The summed E-state index contributed by atoms with van der Waals surface area (Å²) in [4.78, 5) is 12.5. The molecule has 0 heterocycles. The van der Waals surface area contributed by atoms with Crippen molar-refractivity contribution in [2.45, 2.75) is 36.5 Å². The SMILES string of the molecule is CCCN(CCC)S(=O)(=O)c1ccc(C(=O)Nc2ccc(S(N)(=O)=O)cc2)cc1. The van der Waals surface area contributed by atoms with E-state index in [1.807, 2.05) is 13.8 Å². The Kier molecular flexibility index (Phi) is 7.53. The monoisotopic (exact) mass is 439 g/mol. The molecule has 1 amide bonds. The molecule has 0 atom stereocenters. The van der Waals surface area contributed by atoms with Crippen LogP contribution in [-0.2, 0) is 20.0 Å². The summed E-state index contributed by atoms with van der Waals surface area (Å²) in [7, 11) is -7.42. The Hall–Kier alpha value is -2.27. The maximum atomic E-state index is 12.8. The number of amides is 1. The Morgan fingerprint density at radius 1 is 0.862 bits per heavy atom. The summed E-state index contributed by atoms with van der Waals surface area (Å²) in [6, 6.07) is 11.1. The van der Waals surface area contributed by atoms with Crippen molar-refractivity contribution in [3.63, 3.8) is 0 Å².